The molecule has 1 spiro atoms. The molecule has 0 aliphatic carbocycles. The lowest BCUT2D eigenvalue weighted by Crippen LogP contribution is -2.52. The average Bonchev–Trinajstić information content (AvgIpc) is 2.84. The van der Waals surface area contributed by atoms with Crippen molar-refractivity contribution in [3.8, 4) is 5.75 Å². The highest BCUT2D eigenvalue weighted by Gasteiger charge is 2.45. The number of carbonyl (C=O) groups is 1. The largest absolute Gasteiger partial charge is 0.491 e. The second-order valence-electron chi connectivity index (χ2n) is 9.30. The number of aromatic nitrogens is 1. The number of ether oxygens (including phenoxy) is 3. The molecule has 6 heteroatoms. The van der Waals surface area contributed by atoms with E-state index in [1.807, 2.05) is 39.0 Å². The van der Waals surface area contributed by atoms with Gasteiger partial charge in [0.2, 0.25) is 0 Å². The fraction of sp³-hybridized carbons (Fsp3) is 0.556. The van der Waals surface area contributed by atoms with Crippen LogP contribution >= 0.6 is 0 Å². The molecule has 33 heavy (non-hydrogen) atoms. The predicted molar refractivity (Wildman–Crippen MR) is 128 cm³/mol. The van der Waals surface area contributed by atoms with Gasteiger partial charge in [-0.25, -0.2) is 0 Å². The fourth-order valence-corrected chi connectivity index (χ4v) is 4.87. The monoisotopic (exact) mass is 457 g/mol. The van der Waals surface area contributed by atoms with E-state index < -0.39 is 31.2 Å². The molecule has 2 aliphatic heterocycles. The molecule has 1 amide bonds. The molecular formula is C27H36N2O4. The summed E-state index contributed by atoms with van der Waals surface area (Å²) in [6, 6.07) is 9.16. The third-order valence-corrected chi connectivity index (χ3v) is 6.50. The van der Waals surface area contributed by atoms with Crippen LogP contribution in [0.2, 0.25) is 0 Å². The maximum absolute atomic E-state index is 13.3. The highest BCUT2D eigenvalue weighted by atomic mass is 16.5. The Kier molecular flexibility index (Phi) is 5.56. The second kappa shape index (κ2) is 10.2. The zero-order valence-corrected chi connectivity index (χ0v) is 19.5. The molecule has 0 N–H and O–H groups in total. The van der Waals surface area contributed by atoms with Crippen LogP contribution < -0.4 is 4.74 Å². The number of hydrogen-bond acceptors (Lipinski definition) is 5. The molecule has 1 aromatic heterocycles. The summed E-state index contributed by atoms with van der Waals surface area (Å²) in [5, 5.41) is 0. The number of amides is 1. The maximum atomic E-state index is 13.3. The topological polar surface area (TPSA) is 60.9 Å². The Labute approximate surface area is 204 Å². The Morgan fingerprint density at radius 1 is 1.36 bits per heavy atom. The van der Waals surface area contributed by atoms with Crippen LogP contribution in [0.3, 0.4) is 0 Å². The standard InChI is InChI=1S/C27H36N2O4/c1-5-31-23-16-25(22-7-6-12-28-18-22)33-27(17-23)10-13-29(14-11-27)26(30)21-8-9-24(20(4)15-21)32-19(2)3/h6-9,12,15,18-19,23,25H,5,10-11,13-14,16-17H2,1-4H3/i1D3,5D2. The highest BCUT2D eigenvalue weighted by molar-refractivity contribution is 5.94. The van der Waals surface area contributed by atoms with Gasteiger partial charge in [0.25, 0.3) is 5.91 Å². The number of nitrogens with zero attached hydrogens (tertiary/aromatic N) is 2. The Morgan fingerprint density at radius 2 is 2.18 bits per heavy atom. The molecule has 4 rings (SSSR count). The molecule has 0 bridgehead atoms. The second-order valence-corrected chi connectivity index (χ2v) is 9.30. The van der Waals surface area contributed by atoms with Gasteiger partial charge < -0.3 is 19.1 Å². The quantitative estimate of drug-likeness (QED) is 0.603. The molecule has 2 saturated heterocycles. The molecule has 6 nitrogen and oxygen atoms in total. The Morgan fingerprint density at radius 3 is 2.85 bits per heavy atom. The SMILES string of the molecule is [2H]C([2H])([2H])C([2H])([2H])OC1CC(c2cccnc2)OC2(CCN(C(=O)c3ccc(OC(C)C)c(C)c3)CC2)C1. The van der Waals surface area contributed by atoms with Crippen molar-refractivity contribution in [2.45, 2.75) is 77.2 Å². The van der Waals surface area contributed by atoms with E-state index in [1.54, 1.807) is 29.4 Å². The van der Waals surface area contributed by atoms with Gasteiger partial charge in [0, 0.05) is 54.6 Å². The molecule has 2 aromatic rings. The van der Waals surface area contributed by atoms with Crippen LogP contribution in [0.15, 0.2) is 42.7 Å². The summed E-state index contributed by atoms with van der Waals surface area (Å²) in [4.78, 5) is 19.3. The van der Waals surface area contributed by atoms with Crippen molar-refractivity contribution in [2.75, 3.05) is 19.6 Å². The van der Waals surface area contributed by atoms with Crippen LogP contribution in [0.1, 0.15) is 80.8 Å². The average molecular weight is 458 g/mol. The van der Waals surface area contributed by atoms with Gasteiger partial charge in [-0.1, -0.05) is 6.07 Å². The first kappa shape index (κ1) is 18.0. The zero-order valence-electron chi connectivity index (χ0n) is 24.5. The number of benzene rings is 1. The van der Waals surface area contributed by atoms with E-state index in [9.17, 15) is 4.79 Å². The van der Waals surface area contributed by atoms with Crippen LogP contribution in [-0.4, -0.2) is 53.2 Å². The lowest BCUT2D eigenvalue weighted by molar-refractivity contribution is -0.190. The van der Waals surface area contributed by atoms with E-state index in [-0.39, 0.29) is 12.0 Å². The molecule has 2 aliphatic rings. The van der Waals surface area contributed by atoms with Gasteiger partial charge in [0.05, 0.1) is 26.7 Å². The molecule has 2 atom stereocenters. The van der Waals surface area contributed by atoms with Gasteiger partial charge in [0.1, 0.15) is 5.75 Å². The number of piperidine rings is 1. The van der Waals surface area contributed by atoms with Crippen molar-refractivity contribution in [3.05, 3.63) is 59.4 Å². The molecular weight excluding hydrogens is 416 g/mol. The lowest BCUT2D eigenvalue weighted by Gasteiger charge is -2.48. The minimum Gasteiger partial charge on any atom is -0.491 e. The summed E-state index contributed by atoms with van der Waals surface area (Å²) >= 11 is 0. The summed E-state index contributed by atoms with van der Waals surface area (Å²) in [5.74, 6) is 0.694. The Bertz CT molecular complexity index is 1120. The number of carbonyl (C=O) groups excluding carboxylic acids is 1. The first-order valence-corrected chi connectivity index (χ1v) is 11.6. The molecule has 1 aromatic carbocycles. The molecule has 0 radical (unpaired) electrons. The maximum Gasteiger partial charge on any atom is 0.253 e. The number of hydrogen-bond donors (Lipinski definition) is 0. The van der Waals surface area contributed by atoms with E-state index in [4.69, 9.17) is 21.1 Å². The summed E-state index contributed by atoms with van der Waals surface area (Å²) in [6.45, 7) is 1.07. The van der Waals surface area contributed by atoms with E-state index >= 15 is 0 Å². The van der Waals surface area contributed by atoms with Crippen LogP contribution in [-0.2, 0) is 9.47 Å². The van der Waals surface area contributed by atoms with Crippen LogP contribution in [0.25, 0.3) is 0 Å². The number of rotatable bonds is 6. The van der Waals surface area contributed by atoms with Crippen molar-refractivity contribution in [1.82, 2.24) is 9.88 Å². The minimum atomic E-state index is -2.91. The third kappa shape index (κ3) is 5.56. The fourth-order valence-electron chi connectivity index (χ4n) is 4.87. The van der Waals surface area contributed by atoms with Crippen molar-refractivity contribution in [2.24, 2.45) is 0 Å². The van der Waals surface area contributed by atoms with Crippen molar-refractivity contribution < 1.29 is 25.9 Å². The van der Waals surface area contributed by atoms with Crippen LogP contribution in [0.5, 0.6) is 5.75 Å². The smallest absolute Gasteiger partial charge is 0.253 e. The molecule has 178 valence electrons. The Balaban J connectivity index is 1.49. The van der Waals surface area contributed by atoms with Crippen molar-refractivity contribution in [3.63, 3.8) is 0 Å². The number of pyridine rings is 1. The highest BCUT2D eigenvalue weighted by Crippen LogP contribution is 2.44. The molecule has 0 saturated carbocycles. The summed E-state index contributed by atoms with van der Waals surface area (Å²) in [5.41, 5.74) is 1.65. The van der Waals surface area contributed by atoms with Crippen molar-refractivity contribution >= 4 is 5.91 Å². The van der Waals surface area contributed by atoms with Gasteiger partial charge >= 0.3 is 0 Å². The summed E-state index contributed by atoms with van der Waals surface area (Å²) in [7, 11) is 0. The summed E-state index contributed by atoms with van der Waals surface area (Å²) < 4.78 is 56.7. The van der Waals surface area contributed by atoms with Gasteiger partial charge in [0.15, 0.2) is 0 Å². The normalized spacial score (nSPS) is 25.6. The van der Waals surface area contributed by atoms with Gasteiger partial charge in [-0.15, -0.1) is 0 Å². The van der Waals surface area contributed by atoms with Gasteiger partial charge in [-0.05, 0) is 75.9 Å². The summed E-state index contributed by atoms with van der Waals surface area (Å²) in [6.07, 6.45) is 4.04. The molecule has 2 fully saturated rings. The number of likely N-dealkylation sites (tertiary alicyclic amines) is 1. The first-order valence-electron chi connectivity index (χ1n) is 14.1. The van der Waals surface area contributed by atoms with E-state index in [1.165, 1.54) is 0 Å². The minimum absolute atomic E-state index is 0.0438. The van der Waals surface area contributed by atoms with E-state index in [0.717, 1.165) is 16.9 Å². The van der Waals surface area contributed by atoms with Crippen LogP contribution in [0, 0.1) is 6.92 Å². The molecule has 3 heterocycles. The third-order valence-electron chi connectivity index (χ3n) is 6.50. The molecule has 2 unspecified atom stereocenters. The van der Waals surface area contributed by atoms with E-state index in [2.05, 4.69) is 4.98 Å². The lowest BCUT2D eigenvalue weighted by atomic mass is 9.80. The number of aryl methyl sites for hydroxylation is 1. The van der Waals surface area contributed by atoms with E-state index in [0.29, 0.717) is 44.3 Å². The predicted octanol–water partition coefficient (Wildman–Crippen LogP) is 5.11. The first-order chi connectivity index (χ1) is 17.8. The van der Waals surface area contributed by atoms with Crippen molar-refractivity contribution in [1.29, 1.82) is 0 Å². The zero-order chi connectivity index (χ0) is 27.7. The Hall–Kier alpha value is -2.44. The van der Waals surface area contributed by atoms with Crippen LogP contribution in [0.4, 0.5) is 0 Å². The van der Waals surface area contributed by atoms with Gasteiger partial charge in [-0.2, -0.15) is 0 Å². The van der Waals surface area contributed by atoms with Gasteiger partial charge in [-0.3, -0.25) is 9.78 Å².